The summed E-state index contributed by atoms with van der Waals surface area (Å²) in [4.78, 5) is 45.9. The van der Waals surface area contributed by atoms with Gasteiger partial charge in [0.05, 0.1) is 35.8 Å². The SMILES string of the molecule is C=CCCOC(=O)[C@H]1[C@H]2C(=O)N([C@H](CO)c3ccccc3)C(C(=O)N(CC=C)CCCCC)C23CC[C@]1(C)S3. The van der Waals surface area contributed by atoms with Crippen LogP contribution in [0.4, 0.5) is 0 Å². The van der Waals surface area contributed by atoms with Gasteiger partial charge in [0.25, 0.3) is 0 Å². The third-order valence-corrected chi connectivity index (χ3v) is 10.6. The number of benzene rings is 1. The van der Waals surface area contributed by atoms with Crippen LogP contribution in [-0.4, -0.2) is 74.5 Å². The Labute approximate surface area is 236 Å². The van der Waals surface area contributed by atoms with Crippen molar-refractivity contribution in [1.82, 2.24) is 9.80 Å². The minimum Gasteiger partial charge on any atom is -0.465 e. The maximum Gasteiger partial charge on any atom is 0.311 e. The Morgan fingerprint density at radius 2 is 1.97 bits per heavy atom. The second-order valence-corrected chi connectivity index (χ2v) is 13.0. The van der Waals surface area contributed by atoms with Crippen LogP contribution in [0.1, 0.15) is 64.0 Å². The second kappa shape index (κ2) is 12.3. The second-order valence-electron chi connectivity index (χ2n) is 11.1. The van der Waals surface area contributed by atoms with Gasteiger partial charge in [-0.25, -0.2) is 0 Å². The molecule has 2 bridgehead atoms. The van der Waals surface area contributed by atoms with Gasteiger partial charge in [-0.05, 0) is 38.2 Å². The molecule has 3 saturated heterocycles. The first-order valence-corrected chi connectivity index (χ1v) is 15.0. The van der Waals surface area contributed by atoms with Gasteiger partial charge in [0.15, 0.2) is 0 Å². The highest BCUT2D eigenvalue weighted by molar-refractivity contribution is 8.02. The molecule has 1 N–H and O–H groups in total. The van der Waals surface area contributed by atoms with Crippen LogP contribution < -0.4 is 0 Å². The molecule has 3 aliphatic rings. The van der Waals surface area contributed by atoms with Crippen molar-refractivity contribution >= 4 is 29.5 Å². The van der Waals surface area contributed by atoms with Crippen molar-refractivity contribution in [1.29, 1.82) is 0 Å². The lowest BCUT2D eigenvalue weighted by molar-refractivity contribution is -0.156. The van der Waals surface area contributed by atoms with Crippen molar-refractivity contribution in [3.63, 3.8) is 0 Å². The van der Waals surface area contributed by atoms with Crippen LogP contribution in [-0.2, 0) is 19.1 Å². The van der Waals surface area contributed by atoms with E-state index in [9.17, 15) is 19.5 Å². The number of ether oxygens (including phenoxy) is 1. The summed E-state index contributed by atoms with van der Waals surface area (Å²) in [6.45, 7) is 12.6. The first-order chi connectivity index (χ1) is 18.8. The smallest absolute Gasteiger partial charge is 0.311 e. The van der Waals surface area contributed by atoms with E-state index in [0.717, 1.165) is 24.8 Å². The molecule has 1 aromatic rings. The highest BCUT2D eigenvalue weighted by Crippen LogP contribution is 2.72. The Kier molecular flexibility index (Phi) is 9.27. The summed E-state index contributed by atoms with van der Waals surface area (Å²) in [5.74, 6) is -2.10. The highest BCUT2D eigenvalue weighted by Gasteiger charge is 2.78. The van der Waals surface area contributed by atoms with Gasteiger partial charge in [0, 0.05) is 17.8 Å². The van der Waals surface area contributed by atoms with Crippen molar-refractivity contribution in [2.75, 3.05) is 26.3 Å². The van der Waals surface area contributed by atoms with Crippen LogP contribution in [0.5, 0.6) is 0 Å². The molecule has 212 valence electrons. The van der Waals surface area contributed by atoms with Gasteiger partial charge in [-0.2, -0.15) is 0 Å². The number of fused-ring (bicyclic) bond motifs is 1. The number of amides is 2. The summed E-state index contributed by atoms with van der Waals surface area (Å²) in [6.07, 6.45) is 8.21. The molecule has 8 heteroatoms. The molecule has 0 aliphatic carbocycles. The van der Waals surface area contributed by atoms with Crippen LogP contribution in [0.2, 0.25) is 0 Å². The number of hydrogen-bond donors (Lipinski definition) is 1. The lowest BCUT2D eigenvalue weighted by Gasteiger charge is -2.39. The fourth-order valence-electron chi connectivity index (χ4n) is 6.87. The van der Waals surface area contributed by atoms with Crippen LogP contribution in [0.25, 0.3) is 0 Å². The maximum atomic E-state index is 14.5. The number of esters is 1. The minimum absolute atomic E-state index is 0.131. The topological polar surface area (TPSA) is 87.1 Å². The third-order valence-electron chi connectivity index (χ3n) is 8.65. The molecule has 7 nitrogen and oxygen atoms in total. The fourth-order valence-corrected chi connectivity index (χ4v) is 9.20. The van der Waals surface area contributed by atoms with Crippen molar-refractivity contribution in [2.45, 2.75) is 74.0 Å². The largest absolute Gasteiger partial charge is 0.465 e. The minimum atomic E-state index is -0.799. The van der Waals surface area contributed by atoms with E-state index in [1.165, 1.54) is 0 Å². The molecule has 6 atom stereocenters. The third kappa shape index (κ3) is 5.18. The molecule has 0 radical (unpaired) electrons. The predicted molar refractivity (Wildman–Crippen MR) is 154 cm³/mol. The summed E-state index contributed by atoms with van der Waals surface area (Å²) < 4.78 is 4.38. The van der Waals surface area contributed by atoms with E-state index in [-0.39, 0.29) is 31.0 Å². The van der Waals surface area contributed by atoms with Gasteiger partial charge in [0.2, 0.25) is 11.8 Å². The average molecular weight is 555 g/mol. The molecule has 3 heterocycles. The molecule has 0 aromatic heterocycles. The molecular formula is C31H42N2O5S. The number of hydrogen-bond acceptors (Lipinski definition) is 6. The van der Waals surface area contributed by atoms with Crippen molar-refractivity contribution in [3.8, 4) is 0 Å². The Morgan fingerprint density at radius 1 is 1.23 bits per heavy atom. The Balaban J connectivity index is 1.79. The lowest BCUT2D eigenvalue weighted by atomic mass is 9.66. The van der Waals surface area contributed by atoms with Crippen LogP contribution in [0, 0.1) is 11.8 Å². The van der Waals surface area contributed by atoms with E-state index < -0.39 is 33.4 Å². The molecule has 1 aromatic carbocycles. The molecule has 2 unspecified atom stereocenters. The summed E-state index contributed by atoms with van der Waals surface area (Å²) in [7, 11) is 0. The molecular weight excluding hydrogens is 512 g/mol. The van der Waals surface area contributed by atoms with E-state index in [2.05, 4.69) is 20.1 Å². The number of likely N-dealkylation sites (tertiary alicyclic amines) is 1. The summed E-state index contributed by atoms with van der Waals surface area (Å²) in [5.41, 5.74) is 0.764. The number of rotatable bonds is 14. The van der Waals surface area contributed by atoms with E-state index in [1.54, 1.807) is 33.7 Å². The Hall–Kier alpha value is -2.58. The number of thioether (sulfide) groups is 1. The van der Waals surface area contributed by atoms with Crippen LogP contribution in [0.15, 0.2) is 55.6 Å². The molecule has 0 saturated carbocycles. The molecule has 39 heavy (non-hydrogen) atoms. The van der Waals surface area contributed by atoms with Gasteiger partial charge in [0.1, 0.15) is 6.04 Å². The van der Waals surface area contributed by atoms with Gasteiger partial charge in [-0.1, -0.05) is 62.2 Å². The van der Waals surface area contributed by atoms with Crippen molar-refractivity contribution < 1.29 is 24.2 Å². The standard InChI is InChI=1S/C31H42N2O5S/c1-5-8-13-19-32(18-7-3)28(36)26-31-17-16-30(4,39-31)25(29(37)38-20-9-6-2)24(31)27(35)33(26)23(21-34)22-14-11-10-12-15-22/h6-7,10-12,14-15,23-26,34H,2-3,5,8-9,13,16-21H2,1,4H3/t23-,24+,25-,26?,30+,31?/m1/s1. The number of aliphatic hydroxyl groups excluding tert-OH is 1. The number of carbonyl (C=O) groups excluding carboxylic acids is 3. The van der Waals surface area contributed by atoms with E-state index >= 15 is 0 Å². The number of carbonyl (C=O) groups is 3. The highest BCUT2D eigenvalue weighted by atomic mass is 32.2. The average Bonchev–Trinajstić information content (AvgIpc) is 3.50. The van der Waals surface area contributed by atoms with Crippen LogP contribution in [0.3, 0.4) is 0 Å². The zero-order valence-electron chi connectivity index (χ0n) is 23.2. The first kappa shape index (κ1) is 29.4. The number of nitrogens with zero attached hydrogens (tertiary/aromatic N) is 2. The molecule has 3 fully saturated rings. The van der Waals surface area contributed by atoms with Gasteiger partial charge >= 0.3 is 5.97 Å². The Morgan fingerprint density at radius 3 is 2.62 bits per heavy atom. The molecule has 1 spiro atoms. The number of aliphatic hydroxyl groups is 1. The van der Waals surface area contributed by atoms with E-state index in [4.69, 9.17) is 4.74 Å². The quantitative estimate of drug-likeness (QED) is 0.207. The van der Waals surface area contributed by atoms with Crippen molar-refractivity contribution in [2.24, 2.45) is 11.8 Å². The monoisotopic (exact) mass is 554 g/mol. The van der Waals surface area contributed by atoms with Crippen LogP contribution >= 0.6 is 11.8 Å². The molecule has 4 rings (SSSR count). The van der Waals surface area contributed by atoms with Crippen molar-refractivity contribution in [3.05, 3.63) is 61.2 Å². The molecule has 3 aliphatic heterocycles. The summed E-state index contributed by atoms with van der Waals surface area (Å²) in [5, 5.41) is 10.6. The number of unbranched alkanes of at least 4 members (excludes halogenated alkanes) is 2. The predicted octanol–water partition coefficient (Wildman–Crippen LogP) is 4.53. The zero-order valence-corrected chi connectivity index (χ0v) is 24.0. The van der Waals surface area contributed by atoms with E-state index in [0.29, 0.717) is 32.4 Å². The lowest BCUT2D eigenvalue weighted by Crippen LogP contribution is -2.55. The van der Waals surface area contributed by atoms with E-state index in [1.807, 2.05) is 37.3 Å². The first-order valence-electron chi connectivity index (χ1n) is 14.1. The summed E-state index contributed by atoms with van der Waals surface area (Å²) in [6, 6.07) is 7.86. The van der Waals surface area contributed by atoms with Gasteiger partial charge in [-0.15, -0.1) is 24.9 Å². The maximum absolute atomic E-state index is 14.5. The Bertz CT molecular complexity index is 1080. The normalized spacial score (nSPS) is 29.7. The molecule has 2 amide bonds. The summed E-state index contributed by atoms with van der Waals surface area (Å²) >= 11 is 1.62. The fraction of sp³-hybridized carbons (Fsp3) is 0.581. The zero-order chi connectivity index (χ0) is 28.2. The van der Waals surface area contributed by atoms with Gasteiger partial charge in [-0.3, -0.25) is 14.4 Å². The van der Waals surface area contributed by atoms with Gasteiger partial charge < -0.3 is 19.6 Å².